The number of fused-ring (bicyclic) bond motifs is 7. The van der Waals surface area contributed by atoms with Crippen molar-refractivity contribution in [1.82, 2.24) is 18.8 Å². The van der Waals surface area contributed by atoms with Crippen LogP contribution in [0.15, 0.2) is 42.5 Å². The smallest absolute Gasteiger partial charge is 0.335 e. The van der Waals surface area contributed by atoms with E-state index in [1.807, 2.05) is 17.0 Å². The minimum Gasteiger partial charge on any atom is -0.478 e. The number of allylic oxidation sites excluding steroid dienone is 3. The maximum atomic E-state index is 13.4. The molecule has 0 bridgehead atoms. The first-order valence-corrected chi connectivity index (χ1v) is 22.5. The first-order valence-electron chi connectivity index (χ1n) is 21.1. The number of amides is 1. The highest BCUT2D eigenvalue weighted by Gasteiger charge is 2.70. The normalized spacial score (nSPS) is 38.7. The van der Waals surface area contributed by atoms with Crippen LogP contribution in [-0.4, -0.2) is 92.3 Å². The molecule has 0 unspecified atom stereocenters. The highest BCUT2D eigenvalue weighted by molar-refractivity contribution is 7.86. The molecule has 1 aromatic rings. The van der Waals surface area contributed by atoms with Gasteiger partial charge in [-0.3, -0.25) is 4.79 Å². The zero-order valence-corrected chi connectivity index (χ0v) is 35.7. The molecule has 7 rings (SSSR count). The summed E-state index contributed by atoms with van der Waals surface area (Å²) in [6.45, 7) is 22.4. The number of carbonyl (C=O) groups excluding carboxylic acids is 1. The Kier molecular flexibility index (Phi) is 10.4. The van der Waals surface area contributed by atoms with E-state index < -0.39 is 16.2 Å². The van der Waals surface area contributed by atoms with E-state index in [2.05, 4.69) is 59.5 Å². The number of carboxylic acid groups (broad SMARTS) is 1. The van der Waals surface area contributed by atoms with Crippen LogP contribution >= 0.6 is 0 Å². The molecule has 10 heteroatoms. The molecule has 4 saturated carbocycles. The lowest BCUT2D eigenvalue weighted by atomic mass is 9.32. The van der Waals surface area contributed by atoms with E-state index in [-0.39, 0.29) is 33.0 Å². The van der Waals surface area contributed by atoms with Gasteiger partial charge >= 0.3 is 5.97 Å². The Morgan fingerprint density at radius 3 is 2.18 bits per heavy atom. The summed E-state index contributed by atoms with van der Waals surface area (Å²) in [6.07, 6.45) is 13.3. The van der Waals surface area contributed by atoms with Crippen molar-refractivity contribution < 1.29 is 23.1 Å². The largest absolute Gasteiger partial charge is 0.478 e. The number of rotatable bonds is 9. The fraction of sp³-hybridized carbons (Fsp3) is 0.733. The number of carbonyl (C=O) groups is 2. The second-order valence-corrected chi connectivity index (χ2v) is 22.3. The van der Waals surface area contributed by atoms with Crippen LogP contribution in [0.3, 0.4) is 0 Å². The molecule has 5 aliphatic carbocycles. The van der Waals surface area contributed by atoms with Gasteiger partial charge in [0.15, 0.2) is 0 Å². The Labute approximate surface area is 331 Å². The molecule has 9 nitrogen and oxygen atoms in total. The van der Waals surface area contributed by atoms with Gasteiger partial charge in [0, 0.05) is 46.8 Å². The van der Waals surface area contributed by atoms with E-state index in [9.17, 15) is 23.1 Å². The third kappa shape index (κ3) is 6.29. The van der Waals surface area contributed by atoms with Gasteiger partial charge in [-0.15, -0.1) is 0 Å². The molecule has 6 aliphatic rings. The van der Waals surface area contributed by atoms with Gasteiger partial charge in [-0.1, -0.05) is 65.0 Å². The first kappa shape index (κ1) is 40.7. The average Bonchev–Trinajstić information content (AvgIpc) is 3.52. The number of hydrogen-bond donors (Lipinski definition) is 2. The number of aromatic carboxylic acids is 1. The number of benzene rings is 1. The fourth-order valence-electron chi connectivity index (χ4n) is 14.4. The average molecular weight is 777 g/mol. The van der Waals surface area contributed by atoms with Gasteiger partial charge in [-0.2, -0.15) is 17.0 Å². The van der Waals surface area contributed by atoms with Crippen molar-refractivity contribution in [3.05, 3.63) is 53.6 Å². The van der Waals surface area contributed by atoms with Crippen molar-refractivity contribution in [1.29, 1.82) is 0 Å². The van der Waals surface area contributed by atoms with Gasteiger partial charge < -0.3 is 15.3 Å². The Morgan fingerprint density at radius 1 is 0.891 bits per heavy atom. The molecule has 5 fully saturated rings. The van der Waals surface area contributed by atoms with E-state index >= 15 is 0 Å². The summed E-state index contributed by atoms with van der Waals surface area (Å²) in [7, 11) is -0.373. The summed E-state index contributed by atoms with van der Waals surface area (Å²) in [5.41, 5.74) is 4.96. The summed E-state index contributed by atoms with van der Waals surface area (Å²) in [5, 5.41) is 13.2. The molecule has 304 valence electrons. The van der Waals surface area contributed by atoms with Crippen LogP contribution in [0.25, 0.3) is 5.57 Å². The molecule has 0 aromatic heterocycles. The summed E-state index contributed by atoms with van der Waals surface area (Å²) in [5.74, 6) is 2.04. The van der Waals surface area contributed by atoms with E-state index in [0.717, 1.165) is 18.5 Å². The van der Waals surface area contributed by atoms with Crippen LogP contribution < -0.4 is 5.32 Å². The quantitative estimate of drug-likeness (QED) is 0.251. The van der Waals surface area contributed by atoms with Gasteiger partial charge in [0.25, 0.3) is 10.2 Å². The minimum absolute atomic E-state index is 0.0182. The lowest BCUT2D eigenvalue weighted by Gasteiger charge is -2.72. The highest BCUT2D eigenvalue weighted by atomic mass is 32.2. The Balaban J connectivity index is 1.08. The molecule has 1 amide bonds. The minimum atomic E-state index is -3.47. The van der Waals surface area contributed by atoms with E-state index in [0.29, 0.717) is 67.9 Å². The Hall–Kier alpha value is -2.53. The predicted molar refractivity (Wildman–Crippen MR) is 219 cm³/mol. The Morgan fingerprint density at radius 2 is 1.56 bits per heavy atom. The van der Waals surface area contributed by atoms with Gasteiger partial charge in [-0.05, 0) is 145 Å². The summed E-state index contributed by atoms with van der Waals surface area (Å²) >= 11 is 0. The van der Waals surface area contributed by atoms with Crippen molar-refractivity contribution in [2.75, 3.05) is 53.4 Å². The van der Waals surface area contributed by atoms with Gasteiger partial charge in [0.2, 0.25) is 5.91 Å². The molecule has 1 saturated heterocycles. The monoisotopic (exact) mass is 776 g/mol. The van der Waals surface area contributed by atoms with E-state index in [1.165, 1.54) is 71.1 Å². The van der Waals surface area contributed by atoms with Crippen LogP contribution in [0.1, 0.15) is 115 Å². The lowest BCUT2D eigenvalue weighted by Crippen LogP contribution is -2.66. The molecule has 1 heterocycles. The highest BCUT2D eigenvalue weighted by Crippen LogP contribution is 2.77. The SMILES string of the molecule is C=C(C)[C@@H]1CC[C@]2(CNCC(=O)N3CCN(S(=O)(=O)N(C)C)CC3)CC[C@]3(C)[C@H](CC[C@@H]4[C@@]5(C)CC=C(c6ccc(C(=O)O)cc6)C(C)(C)[C@@H]5CC[C@]43C)[C@@H]12. The predicted octanol–water partition coefficient (Wildman–Crippen LogP) is 7.58. The van der Waals surface area contributed by atoms with Crippen molar-refractivity contribution in [3.63, 3.8) is 0 Å². The zero-order valence-electron chi connectivity index (χ0n) is 34.9. The molecular weight excluding hydrogens is 709 g/mol. The third-order valence-corrected chi connectivity index (χ3v) is 19.3. The van der Waals surface area contributed by atoms with Crippen molar-refractivity contribution >= 4 is 27.7 Å². The number of nitrogens with zero attached hydrogens (tertiary/aromatic N) is 3. The summed E-state index contributed by atoms with van der Waals surface area (Å²) in [6, 6.07) is 7.54. The third-order valence-electron chi connectivity index (χ3n) is 17.4. The summed E-state index contributed by atoms with van der Waals surface area (Å²) < 4.78 is 27.9. The fourth-order valence-corrected chi connectivity index (χ4v) is 15.5. The maximum Gasteiger partial charge on any atom is 0.335 e. The number of nitrogens with one attached hydrogen (secondary N) is 1. The molecule has 0 spiro atoms. The van der Waals surface area contributed by atoms with Crippen LogP contribution in [-0.2, 0) is 15.0 Å². The zero-order chi connectivity index (χ0) is 39.9. The molecule has 55 heavy (non-hydrogen) atoms. The van der Waals surface area contributed by atoms with Gasteiger partial charge in [0.05, 0.1) is 12.1 Å². The molecule has 1 aliphatic heterocycles. The van der Waals surface area contributed by atoms with Gasteiger partial charge in [0.1, 0.15) is 0 Å². The second kappa shape index (κ2) is 14.1. The van der Waals surface area contributed by atoms with Gasteiger partial charge in [-0.25, -0.2) is 4.79 Å². The maximum absolute atomic E-state index is 13.4. The van der Waals surface area contributed by atoms with Crippen LogP contribution in [0.2, 0.25) is 0 Å². The first-order chi connectivity index (χ1) is 25.7. The lowest BCUT2D eigenvalue weighted by molar-refractivity contribution is -0.225. The second-order valence-electron chi connectivity index (χ2n) is 20.1. The molecule has 1 aromatic carbocycles. The van der Waals surface area contributed by atoms with Crippen LogP contribution in [0.5, 0.6) is 0 Å². The van der Waals surface area contributed by atoms with Crippen LogP contribution in [0, 0.1) is 56.7 Å². The molecule has 0 radical (unpaired) electrons. The van der Waals surface area contributed by atoms with Crippen molar-refractivity contribution in [2.24, 2.45) is 56.7 Å². The summed E-state index contributed by atoms with van der Waals surface area (Å²) in [4.78, 5) is 26.9. The van der Waals surface area contributed by atoms with Crippen LogP contribution in [0.4, 0.5) is 0 Å². The molecule has 2 N–H and O–H groups in total. The number of piperazine rings is 1. The van der Waals surface area contributed by atoms with E-state index in [4.69, 9.17) is 0 Å². The number of hydrogen-bond acceptors (Lipinski definition) is 5. The Bertz CT molecular complexity index is 1830. The molecule has 9 atom stereocenters. The molecular formula is C45H68N4O5S. The standard InChI is InChI=1S/C45H68N4O5S/c1-30(2)33-16-21-45(29-46-28-38(50)48-24-26-49(27-25-48)55(53,54)47(8)9)23-22-43(6)35(39(33)45)14-15-37-42(5)19-17-34(31-10-12-32(13-11-31)40(51)52)41(3,4)36(42)18-20-44(37,43)7/h10-13,17,33,35-37,39,46H,1,14-16,18-29H2,2-9H3,(H,51,52)/t33-,35+,36-,37+,39+,42-,43+,44+,45+/m0/s1. The van der Waals surface area contributed by atoms with Crippen molar-refractivity contribution in [2.45, 2.75) is 99.3 Å². The topological polar surface area (TPSA) is 110 Å². The van der Waals surface area contributed by atoms with Crippen molar-refractivity contribution in [3.8, 4) is 0 Å². The number of carboxylic acids is 1. The van der Waals surface area contributed by atoms with E-state index in [1.54, 1.807) is 26.2 Å².